The third kappa shape index (κ3) is 3.92. The molecule has 0 aromatic heterocycles. The molecule has 0 aliphatic carbocycles. The number of hydrogen-bond donors (Lipinski definition) is 1. The summed E-state index contributed by atoms with van der Waals surface area (Å²) >= 11 is 0. The van der Waals surface area contributed by atoms with Gasteiger partial charge in [-0.1, -0.05) is 12.1 Å². The Morgan fingerprint density at radius 1 is 1.27 bits per heavy atom. The molecule has 1 amide bonds. The van der Waals surface area contributed by atoms with E-state index < -0.39 is 36.4 Å². The smallest absolute Gasteiger partial charge is 0.406 e. The number of carboxylic acid groups (broad SMARTS) is 1. The summed E-state index contributed by atoms with van der Waals surface area (Å²) in [5.41, 5.74) is -2.85. The molecule has 0 bridgehead atoms. The maximum Gasteiger partial charge on any atom is 0.406 e. The van der Waals surface area contributed by atoms with Gasteiger partial charge >= 0.3 is 12.1 Å². The number of aliphatic carboxylic acids is 1. The number of benzene rings is 1. The third-order valence-corrected chi connectivity index (χ3v) is 4.32. The van der Waals surface area contributed by atoms with Crippen LogP contribution in [0.4, 0.5) is 13.2 Å². The highest BCUT2D eigenvalue weighted by Gasteiger charge is 2.64. The van der Waals surface area contributed by atoms with E-state index in [-0.39, 0.29) is 24.5 Å². The lowest BCUT2D eigenvalue weighted by molar-refractivity contribution is -0.227. The Kier molecular flexibility index (Phi) is 6.12. The summed E-state index contributed by atoms with van der Waals surface area (Å²) in [6.07, 6.45) is -5.62. The number of hydrogen-bond acceptors (Lipinski definition) is 4. The minimum atomic E-state index is -4.94. The predicted molar refractivity (Wildman–Crippen MR) is 85.1 cm³/mol. The van der Waals surface area contributed by atoms with Crippen LogP contribution in [0.2, 0.25) is 0 Å². The molecule has 2 rings (SSSR count). The van der Waals surface area contributed by atoms with Crippen LogP contribution in [0.25, 0.3) is 0 Å². The fourth-order valence-electron chi connectivity index (χ4n) is 2.80. The van der Waals surface area contributed by atoms with E-state index in [0.717, 1.165) is 4.90 Å². The number of carboxylic acids is 1. The number of carbonyl (C=O) groups excluding carboxylic acids is 1. The zero-order valence-electron chi connectivity index (χ0n) is 14.2. The Labute approximate surface area is 148 Å². The van der Waals surface area contributed by atoms with Gasteiger partial charge in [0.25, 0.3) is 5.91 Å². The van der Waals surface area contributed by atoms with Gasteiger partial charge in [-0.05, 0) is 25.5 Å². The Balaban J connectivity index is 2.16. The number of alkyl halides is 3. The molecule has 26 heavy (non-hydrogen) atoms. The van der Waals surface area contributed by atoms with E-state index in [1.165, 1.54) is 12.1 Å². The van der Waals surface area contributed by atoms with Crippen LogP contribution in [-0.2, 0) is 9.53 Å². The Bertz CT molecular complexity index is 664. The van der Waals surface area contributed by atoms with Crippen LogP contribution in [0.1, 0.15) is 23.7 Å². The highest BCUT2D eigenvalue weighted by molar-refractivity contribution is 5.97. The lowest BCUT2D eigenvalue weighted by Crippen LogP contribution is -2.47. The molecule has 6 nitrogen and oxygen atoms in total. The van der Waals surface area contributed by atoms with E-state index in [9.17, 15) is 22.8 Å². The summed E-state index contributed by atoms with van der Waals surface area (Å²) in [5.74, 6) is -2.44. The molecular weight excluding hydrogens is 355 g/mol. The van der Waals surface area contributed by atoms with Crippen molar-refractivity contribution in [1.82, 2.24) is 4.90 Å². The SMILES string of the molecule is CCOCCOc1ccccc1C(=O)N1CCC(C(=O)O)(C(F)(F)F)C1. The molecule has 0 spiro atoms. The van der Waals surface area contributed by atoms with Crippen molar-refractivity contribution in [3.8, 4) is 5.75 Å². The van der Waals surface area contributed by atoms with Crippen LogP contribution < -0.4 is 4.74 Å². The summed E-state index contributed by atoms with van der Waals surface area (Å²) in [6, 6.07) is 6.16. The van der Waals surface area contributed by atoms with E-state index >= 15 is 0 Å². The minimum Gasteiger partial charge on any atom is -0.490 e. The second kappa shape index (κ2) is 7.94. The summed E-state index contributed by atoms with van der Waals surface area (Å²) in [4.78, 5) is 24.8. The van der Waals surface area contributed by atoms with Gasteiger partial charge in [0.1, 0.15) is 12.4 Å². The Hall–Kier alpha value is -2.29. The van der Waals surface area contributed by atoms with Crippen molar-refractivity contribution in [3.05, 3.63) is 29.8 Å². The molecule has 1 aromatic rings. The first-order valence-electron chi connectivity index (χ1n) is 8.12. The molecule has 144 valence electrons. The summed E-state index contributed by atoms with van der Waals surface area (Å²) in [6.45, 7) is 1.60. The van der Waals surface area contributed by atoms with E-state index in [1.807, 2.05) is 6.92 Å². The van der Waals surface area contributed by atoms with Gasteiger partial charge in [0.05, 0.1) is 12.2 Å². The normalized spacial score (nSPS) is 20.2. The number of halogens is 3. The number of amides is 1. The zero-order valence-corrected chi connectivity index (χ0v) is 14.2. The quantitative estimate of drug-likeness (QED) is 0.742. The van der Waals surface area contributed by atoms with Crippen molar-refractivity contribution in [3.63, 3.8) is 0 Å². The average molecular weight is 375 g/mol. The average Bonchev–Trinajstić information content (AvgIpc) is 3.05. The van der Waals surface area contributed by atoms with Crippen LogP contribution in [0.15, 0.2) is 24.3 Å². The maximum absolute atomic E-state index is 13.3. The van der Waals surface area contributed by atoms with Crippen LogP contribution in [0.5, 0.6) is 5.75 Å². The largest absolute Gasteiger partial charge is 0.490 e. The van der Waals surface area contributed by atoms with Crippen molar-refractivity contribution in [1.29, 1.82) is 0 Å². The highest BCUT2D eigenvalue weighted by Crippen LogP contribution is 2.46. The summed E-state index contributed by atoms with van der Waals surface area (Å²) < 4.78 is 50.4. The van der Waals surface area contributed by atoms with Crippen molar-refractivity contribution in [2.24, 2.45) is 5.41 Å². The van der Waals surface area contributed by atoms with Crippen LogP contribution in [0.3, 0.4) is 0 Å². The molecule has 1 aliphatic heterocycles. The topological polar surface area (TPSA) is 76.1 Å². The van der Waals surface area contributed by atoms with E-state index in [0.29, 0.717) is 13.2 Å². The Morgan fingerprint density at radius 3 is 2.54 bits per heavy atom. The molecule has 1 N–H and O–H groups in total. The van der Waals surface area contributed by atoms with Crippen LogP contribution >= 0.6 is 0 Å². The lowest BCUT2D eigenvalue weighted by atomic mass is 9.86. The van der Waals surface area contributed by atoms with Gasteiger partial charge in [0.2, 0.25) is 0 Å². The number of likely N-dealkylation sites (tertiary alicyclic amines) is 1. The number of nitrogens with zero attached hydrogens (tertiary/aromatic N) is 1. The van der Waals surface area contributed by atoms with Crippen molar-refractivity contribution in [2.75, 3.05) is 32.9 Å². The van der Waals surface area contributed by atoms with Crippen molar-refractivity contribution >= 4 is 11.9 Å². The zero-order chi connectivity index (χ0) is 19.4. The third-order valence-electron chi connectivity index (χ3n) is 4.32. The molecule has 1 unspecified atom stereocenters. The van der Waals surface area contributed by atoms with Crippen LogP contribution in [-0.4, -0.2) is 61.0 Å². The fourth-order valence-corrected chi connectivity index (χ4v) is 2.80. The van der Waals surface area contributed by atoms with Gasteiger partial charge in [-0.3, -0.25) is 9.59 Å². The molecule has 1 aliphatic rings. The van der Waals surface area contributed by atoms with Crippen molar-refractivity contribution in [2.45, 2.75) is 19.5 Å². The number of carbonyl (C=O) groups is 2. The van der Waals surface area contributed by atoms with Gasteiger partial charge in [0, 0.05) is 19.7 Å². The van der Waals surface area contributed by atoms with E-state index in [1.54, 1.807) is 12.1 Å². The van der Waals surface area contributed by atoms with Gasteiger partial charge in [-0.2, -0.15) is 13.2 Å². The lowest BCUT2D eigenvalue weighted by Gasteiger charge is -2.27. The monoisotopic (exact) mass is 375 g/mol. The molecule has 1 saturated heterocycles. The van der Waals surface area contributed by atoms with E-state index in [2.05, 4.69) is 0 Å². The highest BCUT2D eigenvalue weighted by atomic mass is 19.4. The van der Waals surface area contributed by atoms with Gasteiger partial charge in [-0.15, -0.1) is 0 Å². The van der Waals surface area contributed by atoms with Crippen LogP contribution in [0, 0.1) is 5.41 Å². The molecular formula is C17H20F3NO5. The first-order valence-corrected chi connectivity index (χ1v) is 8.12. The molecule has 1 heterocycles. The first kappa shape index (κ1) is 20.0. The number of ether oxygens (including phenoxy) is 2. The summed E-state index contributed by atoms with van der Waals surface area (Å²) in [5, 5.41) is 9.09. The van der Waals surface area contributed by atoms with Gasteiger partial charge in [-0.25, -0.2) is 0 Å². The minimum absolute atomic E-state index is 0.0901. The molecule has 1 aromatic carbocycles. The molecule has 0 saturated carbocycles. The summed E-state index contributed by atoms with van der Waals surface area (Å²) in [7, 11) is 0. The fraction of sp³-hybridized carbons (Fsp3) is 0.529. The van der Waals surface area contributed by atoms with Gasteiger partial charge < -0.3 is 19.5 Å². The standard InChI is InChI=1S/C17H20F3NO5/c1-2-25-9-10-26-13-6-4-3-5-12(13)14(22)21-8-7-16(11-21,15(23)24)17(18,19)20/h3-6H,2,7-11H2,1H3,(H,23,24). The molecule has 1 atom stereocenters. The second-order valence-corrected chi connectivity index (χ2v) is 5.90. The Morgan fingerprint density at radius 2 is 1.96 bits per heavy atom. The van der Waals surface area contributed by atoms with Gasteiger partial charge in [0.15, 0.2) is 5.41 Å². The predicted octanol–water partition coefficient (Wildman–Crippen LogP) is 2.58. The van der Waals surface area contributed by atoms with E-state index in [4.69, 9.17) is 14.6 Å². The molecule has 0 radical (unpaired) electrons. The molecule has 1 fully saturated rings. The second-order valence-electron chi connectivity index (χ2n) is 5.90. The first-order chi connectivity index (χ1) is 12.2. The number of para-hydroxylation sites is 1. The number of rotatable bonds is 7. The maximum atomic E-state index is 13.3. The van der Waals surface area contributed by atoms with Crippen molar-refractivity contribution < 1.29 is 37.3 Å². The molecule has 9 heteroatoms.